The summed E-state index contributed by atoms with van der Waals surface area (Å²) in [5.74, 6) is 2.46. The van der Waals surface area contributed by atoms with Gasteiger partial charge in [-0.3, -0.25) is 9.59 Å². The number of rotatable bonds is 3. The van der Waals surface area contributed by atoms with Crippen LogP contribution >= 0.6 is 0 Å². The summed E-state index contributed by atoms with van der Waals surface area (Å²) < 4.78 is 4.88. The molecule has 1 atom stereocenters. The van der Waals surface area contributed by atoms with Crippen molar-refractivity contribution in [1.82, 2.24) is 0 Å². The van der Waals surface area contributed by atoms with E-state index in [4.69, 9.17) is 4.74 Å². The molecule has 1 unspecified atom stereocenters. The molecule has 0 saturated heterocycles. The van der Waals surface area contributed by atoms with Crippen molar-refractivity contribution in [3.8, 4) is 0 Å². The zero-order chi connectivity index (χ0) is 17.9. The van der Waals surface area contributed by atoms with E-state index in [1.165, 1.54) is 26.4 Å². The predicted molar refractivity (Wildman–Crippen MR) is 98.8 cm³/mol. The van der Waals surface area contributed by atoms with E-state index in [9.17, 15) is 9.59 Å². The molecule has 1 amide bonds. The molecule has 4 heteroatoms. The lowest BCUT2D eigenvalue weighted by atomic mass is 9.49. The number of hydrogen-bond donors (Lipinski definition) is 0. The van der Waals surface area contributed by atoms with Crippen molar-refractivity contribution in [2.45, 2.75) is 50.9 Å². The Labute approximate surface area is 154 Å². The fraction of sp³-hybridized carbons (Fsp3) is 0.636. The van der Waals surface area contributed by atoms with E-state index in [1.807, 2.05) is 23.1 Å². The zero-order valence-corrected chi connectivity index (χ0v) is 15.4. The number of methoxy groups -OCH3 is 1. The first-order chi connectivity index (χ1) is 12.6. The van der Waals surface area contributed by atoms with Crippen molar-refractivity contribution in [2.75, 3.05) is 18.6 Å². The molecule has 5 aliphatic rings. The fourth-order valence-electron chi connectivity index (χ4n) is 6.81. The molecule has 0 spiro atoms. The van der Waals surface area contributed by atoms with E-state index in [-0.39, 0.29) is 17.3 Å². The molecule has 138 valence electrons. The van der Waals surface area contributed by atoms with Crippen molar-refractivity contribution in [3.05, 3.63) is 29.8 Å². The second-order valence-corrected chi connectivity index (χ2v) is 9.15. The standard InChI is InChI=1S/C22H27NO3/c1-26-20(24)9-17-13-23(19-5-3-2-4-18(17)19)21(25)22-10-14-6-15(11-22)8-16(7-14)12-22/h2-5,14-17H,6-13H2,1H3. The number of carbonyl (C=O) groups excluding carboxylic acids is 2. The molecule has 0 aromatic heterocycles. The Balaban J connectivity index is 1.45. The maximum Gasteiger partial charge on any atom is 0.306 e. The van der Waals surface area contributed by atoms with Crippen LogP contribution in [0.25, 0.3) is 0 Å². The minimum atomic E-state index is -0.200. The number of amides is 1. The molecule has 0 N–H and O–H groups in total. The molecule has 1 aromatic rings. The van der Waals surface area contributed by atoms with Crippen LogP contribution in [0.3, 0.4) is 0 Å². The first-order valence-corrected chi connectivity index (χ1v) is 10.1. The van der Waals surface area contributed by atoms with Crippen molar-refractivity contribution in [1.29, 1.82) is 0 Å². The second kappa shape index (κ2) is 5.83. The van der Waals surface area contributed by atoms with Gasteiger partial charge >= 0.3 is 5.97 Å². The summed E-state index contributed by atoms with van der Waals surface area (Å²) in [5.41, 5.74) is 2.00. The predicted octanol–water partition coefficient (Wildman–Crippen LogP) is 3.90. The monoisotopic (exact) mass is 353 g/mol. The Morgan fingerprint density at radius 1 is 1.08 bits per heavy atom. The number of fused-ring (bicyclic) bond motifs is 1. The van der Waals surface area contributed by atoms with E-state index in [2.05, 4.69) is 6.07 Å². The molecular weight excluding hydrogens is 326 g/mol. The molecule has 1 heterocycles. The number of nitrogens with zero attached hydrogens (tertiary/aromatic N) is 1. The van der Waals surface area contributed by atoms with Gasteiger partial charge in [-0.1, -0.05) is 18.2 Å². The lowest BCUT2D eigenvalue weighted by Gasteiger charge is -2.56. The molecule has 4 saturated carbocycles. The SMILES string of the molecule is COC(=O)CC1CN(C(=O)C23CC4CC(CC(C4)C2)C3)c2ccccc21. The third kappa shape index (κ3) is 2.41. The number of esters is 1. The molecule has 1 aliphatic heterocycles. The highest BCUT2D eigenvalue weighted by molar-refractivity contribution is 6.00. The van der Waals surface area contributed by atoms with Crippen molar-refractivity contribution in [3.63, 3.8) is 0 Å². The van der Waals surface area contributed by atoms with Gasteiger partial charge in [0.05, 0.1) is 18.9 Å². The highest BCUT2D eigenvalue weighted by atomic mass is 16.5. The summed E-state index contributed by atoms with van der Waals surface area (Å²) in [4.78, 5) is 27.6. The van der Waals surface area contributed by atoms with Crippen LogP contribution in [0.2, 0.25) is 0 Å². The summed E-state index contributed by atoms with van der Waals surface area (Å²) in [5, 5.41) is 0. The van der Waals surface area contributed by atoms with Crippen LogP contribution in [0.15, 0.2) is 24.3 Å². The van der Waals surface area contributed by atoms with E-state index >= 15 is 0 Å². The van der Waals surface area contributed by atoms with Crippen LogP contribution in [0.4, 0.5) is 5.69 Å². The van der Waals surface area contributed by atoms with Gasteiger partial charge in [0.15, 0.2) is 0 Å². The fourth-order valence-corrected chi connectivity index (χ4v) is 6.81. The quantitative estimate of drug-likeness (QED) is 0.775. The summed E-state index contributed by atoms with van der Waals surface area (Å²) in [6.45, 7) is 0.620. The number of anilines is 1. The van der Waals surface area contributed by atoms with Crippen LogP contribution in [0.1, 0.15) is 56.4 Å². The number of ether oxygens (including phenoxy) is 1. The highest BCUT2D eigenvalue weighted by Gasteiger charge is 2.56. The maximum absolute atomic E-state index is 13.8. The van der Waals surface area contributed by atoms with Gasteiger partial charge in [-0.05, 0) is 67.9 Å². The first-order valence-electron chi connectivity index (χ1n) is 10.1. The Bertz CT molecular complexity index is 720. The molecule has 1 aromatic carbocycles. The molecule has 4 aliphatic carbocycles. The summed E-state index contributed by atoms with van der Waals surface area (Å²) in [6, 6.07) is 8.11. The van der Waals surface area contributed by atoms with Gasteiger partial charge in [0.25, 0.3) is 0 Å². The average Bonchev–Trinajstić information content (AvgIpc) is 2.98. The number of carbonyl (C=O) groups is 2. The van der Waals surface area contributed by atoms with Gasteiger partial charge in [0.2, 0.25) is 5.91 Å². The minimum absolute atomic E-state index is 0.0523. The molecule has 4 bridgehead atoms. The Morgan fingerprint density at radius 3 is 2.31 bits per heavy atom. The third-order valence-electron chi connectivity index (χ3n) is 7.45. The maximum atomic E-state index is 13.8. The van der Waals surface area contributed by atoms with E-state index in [1.54, 1.807) is 0 Å². The van der Waals surface area contributed by atoms with Crippen LogP contribution in [-0.4, -0.2) is 25.5 Å². The third-order valence-corrected chi connectivity index (χ3v) is 7.45. The van der Waals surface area contributed by atoms with Crippen LogP contribution < -0.4 is 4.90 Å². The van der Waals surface area contributed by atoms with Gasteiger partial charge in [-0.2, -0.15) is 0 Å². The average molecular weight is 353 g/mol. The normalized spacial score (nSPS) is 36.9. The van der Waals surface area contributed by atoms with Crippen molar-refractivity contribution >= 4 is 17.6 Å². The second-order valence-electron chi connectivity index (χ2n) is 9.15. The molecular formula is C22H27NO3. The lowest BCUT2D eigenvalue weighted by molar-refractivity contribution is -0.144. The lowest BCUT2D eigenvalue weighted by Crippen LogP contribution is -2.54. The van der Waals surface area contributed by atoms with Crippen LogP contribution in [0.5, 0.6) is 0 Å². The highest BCUT2D eigenvalue weighted by Crippen LogP contribution is 2.61. The van der Waals surface area contributed by atoms with Gasteiger partial charge in [0, 0.05) is 18.2 Å². The van der Waals surface area contributed by atoms with Crippen molar-refractivity contribution < 1.29 is 14.3 Å². The topological polar surface area (TPSA) is 46.6 Å². The van der Waals surface area contributed by atoms with Gasteiger partial charge in [-0.25, -0.2) is 0 Å². The zero-order valence-electron chi connectivity index (χ0n) is 15.4. The molecule has 26 heavy (non-hydrogen) atoms. The number of benzene rings is 1. The van der Waals surface area contributed by atoms with Crippen LogP contribution in [0, 0.1) is 23.2 Å². The summed E-state index contributed by atoms with van der Waals surface area (Å²) in [6.07, 6.45) is 7.61. The molecule has 0 radical (unpaired) electrons. The minimum Gasteiger partial charge on any atom is -0.469 e. The van der Waals surface area contributed by atoms with Crippen molar-refractivity contribution in [2.24, 2.45) is 23.2 Å². The van der Waals surface area contributed by atoms with E-state index in [0.717, 1.165) is 48.3 Å². The van der Waals surface area contributed by atoms with Crippen LogP contribution in [-0.2, 0) is 14.3 Å². The van der Waals surface area contributed by atoms with Gasteiger partial charge < -0.3 is 9.64 Å². The number of hydrogen-bond acceptors (Lipinski definition) is 3. The Hall–Kier alpha value is -1.84. The summed E-state index contributed by atoms with van der Waals surface area (Å²) >= 11 is 0. The number of para-hydroxylation sites is 1. The largest absolute Gasteiger partial charge is 0.469 e. The Morgan fingerprint density at radius 2 is 1.69 bits per heavy atom. The van der Waals surface area contributed by atoms with Gasteiger partial charge in [0.1, 0.15) is 0 Å². The van der Waals surface area contributed by atoms with E-state index in [0.29, 0.717) is 18.9 Å². The molecule has 4 nitrogen and oxygen atoms in total. The summed E-state index contributed by atoms with van der Waals surface area (Å²) in [7, 11) is 1.43. The first kappa shape index (κ1) is 16.3. The van der Waals surface area contributed by atoms with Gasteiger partial charge in [-0.15, -0.1) is 0 Å². The molecule has 6 rings (SSSR count). The molecule has 4 fully saturated rings. The Kier molecular flexibility index (Phi) is 3.67. The smallest absolute Gasteiger partial charge is 0.306 e. The van der Waals surface area contributed by atoms with E-state index < -0.39 is 0 Å².